The quantitative estimate of drug-likeness (QED) is 0.786. The molecule has 1 aromatic rings. The molecule has 5 heteroatoms. The van der Waals surface area contributed by atoms with Crippen LogP contribution in [0.4, 0.5) is 0 Å². The van der Waals surface area contributed by atoms with E-state index in [0.29, 0.717) is 18.4 Å². The monoisotopic (exact) mass is 346 g/mol. The van der Waals surface area contributed by atoms with Gasteiger partial charge in [0.2, 0.25) is 0 Å². The normalized spacial score (nSPS) is 22.6. The van der Waals surface area contributed by atoms with Gasteiger partial charge in [-0.1, -0.05) is 13.0 Å². The molecule has 25 heavy (non-hydrogen) atoms. The topological polar surface area (TPSA) is 50.8 Å². The van der Waals surface area contributed by atoms with E-state index in [1.807, 2.05) is 30.0 Å². The zero-order chi connectivity index (χ0) is 17.6. The van der Waals surface area contributed by atoms with Gasteiger partial charge in [-0.25, -0.2) is 0 Å². The van der Waals surface area contributed by atoms with E-state index in [1.54, 1.807) is 0 Å². The third-order valence-electron chi connectivity index (χ3n) is 5.05. The first-order valence-corrected chi connectivity index (χ1v) is 9.57. The smallest absolute Gasteiger partial charge is 0.260 e. The summed E-state index contributed by atoms with van der Waals surface area (Å²) in [6, 6.07) is 6.63. The zero-order valence-corrected chi connectivity index (χ0v) is 15.4. The summed E-state index contributed by atoms with van der Waals surface area (Å²) in [6.07, 6.45) is 4.67. The van der Waals surface area contributed by atoms with Crippen molar-refractivity contribution in [2.45, 2.75) is 52.1 Å². The number of hydrogen-bond acceptors (Lipinski definition) is 4. The van der Waals surface area contributed by atoms with Gasteiger partial charge in [0.15, 0.2) is 18.1 Å². The number of benzene rings is 1. The average Bonchev–Trinajstić information content (AvgIpc) is 3.35. The standard InChI is InChI=1S/C20H30N2O3/c1-3-24-19-12-16(13-21-17-11-15(17)2)7-8-18(19)25-14-20(23)22-9-5-4-6-10-22/h7-8,12,15,17,21H,3-6,9-11,13-14H2,1-2H3. The fourth-order valence-electron chi connectivity index (χ4n) is 3.28. The van der Waals surface area contributed by atoms with Crippen LogP contribution in [0.2, 0.25) is 0 Å². The summed E-state index contributed by atoms with van der Waals surface area (Å²) >= 11 is 0. The molecule has 2 fully saturated rings. The number of ether oxygens (including phenoxy) is 2. The van der Waals surface area contributed by atoms with Crippen molar-refractivity contribution in [3.8, 4) is 11.5 Å². The van der Waals surface area contributed by atoms with Crippen LogP contribution in [0.1, 0.15) is 45.1 Å². The summed E-state index contributed by atoms with van der Waals surface area (Å²) in [6.45, 7) is 7.42. The van der Waals surface area contributed by atoms with Gasteiger partial charge < -0.3 is 19.7 Å². The van der Waals surface area contributed by atoms with Crippen LogP contribution in [0.5, 0.6) is 11.5 Å². The van der Waals surface area contributed by atoms with Crippen LogP contribution in [-0.2, 0) is 11.3 Å². The first-order valence-electron chi connectivity index (χ1n) is 9.57. The Balaban J connectivity index is 1.56. The van der Waals surface area contributed by atoms with Gasteiger partial charge >= 0.3 is 0 Å². The molecule has 1 N–H and O–H groups in total. The molecule has 1 aromatic carbocycles. The molecule has 2 atom stereocenters. The molecule has 1 aliphatic carbocycles. The molecule has 3 rings (SSSR count). The summed E-state index contributed by atoms with van der Waals surface area (Å²) in [5.74, 6) is 2.22. The first-order chi connectivity index (χ1) is 12.2. The van der Waals surface area contributed by atoms with E-state index in [4.69, 9.17) is 9.47 Å². The van der Waals surface area contributed by atoms with Crippen molar-refractivity contribution in [2.75, 3.05) is 26.3 Å². The molecule has 1 saturated carbocycles. The van der Waals surface area contributed by atoms with Crippen LogP contribution >= 0.6 is 0 Å². The van der Waals surface area contributed by atoms with E-state index in [2.05, 4.69) is 12.2 Å². The Morgan fingerprint density at radius 2 is 1.96 bits per heavy atom. The highest BCUT2D eigenvalue weighted by atomic mass is 16.5. The third kappa shape index (κ3) is 5.11. The van der Waals surface area contributed by atoms with Crippen LogP contribution < -0.4 is 14.8 Å². The lowest BCUT2D eigenvalue weighted by Gasteiger charge is -2.26. The van der Waals surface area contributed by atoms with E-state index in [9.17, 15) is 4.79 Å². The number of piperidine rings is 1. The molecular weight excluding hydrogens is 316 g/mol. The van der Waals surface area contributed by atoms with Gasteiger partial charge in [-0.3, -0.25) is 4.79 Å². The molecule has 0 bridgehead atoms. The molecule has 2 unspecified atom stereocenters. The second-order valence-corrected chi connectivity index (χ2v) is 7.14. The van der Waals surface area contributed by atoms with Gasteiger partial charge in [0.25, 0.3) is 5.91 Å². The van der Waals surface area contributed by atoms with Crippen LogP contribution in [-0.4, -0.2) is 43.2 Å². The van der Waals surface area contributed by atoms with Gasteiger partial charge in [0.1, 0.15) is 0 Å². The van der Waals surface area contributed by atoms with Gasteiger partial charge in [-0.2, -0.15) is 0 Å². The van der Waals surface area contributed by atoms with Gasteiger partial charge in [0, 0.05) is 25.7 Å². The second kappa shape index (κ2) is 8.56. The molecule has 5 nitrogen and oxygen atoms in total. The molecule has 0 aromatic heterocycles. The molecule has 1 aliphatic heterocycles. The number of rotatable bonds is 8. The zero-order valence-electron chi connectivity index (χ0n) is 15.4. The Morgan fingerprint density at radius 3 is 2.64 bits per heavy atom. The summed E-state index contributed by atoms with van der Waals surface area (Å²) in [4.78, 5) is 14.2. The molecule has 1 heterocycles. The molecule has 1 amide bonds. The minimum absolute atomic E-state index is 0.0654. The fourth-order valence-corrected chi connectivity index (χ4v) is 3.28. The highest BCUT2D eigenvalue weighted by Gasteiger charge is 2.31. The molecule has 1 saturated heterocycles. The van der Waals surface area contributed by atoms with Crippen LogP contribution in [0.3, 0.4) is 0 Å². The highest BCUT2D eigenvalue weighted by Crippen LogP contribution is 2.31. The van der Waals surface area contributed by atoms with E-state index >= 15 is 0 Å². The maximum absolute atomic E-state index is 12.3. The predicted molar refractivity (Wildman–Crippen MR) is 97.9 cm³/mol. The number of nitrogens with zero attached hydrogens (tertiary/aromatic N) is 1. The molecule has 2 aliphatic rings. The highest BCUT2D eigenvalue weighted by molar-refractivity contribution is 5.78. The van der Waals surface area contributed by atoms with Crippen LogP contribution in [0, 0.1) is 5.92 Å². The third-order valence-corrected chi connectivity index (χ3v) is 5.05. The van der Waals surface area contributed by atoms with E-state index < -0.39 is 0 Å². The number of carbonyl (C=O) groups is 1. The summed E-state index contributed by atoms with van der Waals surface area (Å²) in [7, 11) is 0. The van der Waals surface area contributed by atoms with E-state index in [1.165, 1.54) is 18.4 Å². The maximum atomic E-state index is 12.3. The lowest BCUT2D eigenvalue weighted by atomic mass is 10.1. The van der Waals surface area contributed by atoms with Crippen molar-refractivity contribution >= 4 is 5.91 Å². The van der Waals surface area contributed by atoms with Gasteiger partial charge in [-0.05, 0) is 56.2 Å². The summed E-state index contributed by atoms with van der Waals surface area (Å²) in [5, 5.41) is 3.55. The second-order valence-electron chi connectivity index (χ2n) is 7.14. The molecule has 0 spiro atoms. The number of nitrogens with one attached hydrogen (secondary N) is 1. The van der Waals surface area contributed by atoms with Crippen molar-refractivity contribution in [1.82, 2.24) is 10.2 Å². The number of carbonyl (C=O) groups excluding carboxylic acids is 1. The predicted octanol–water partition coefficient (Wildman–Crippen LogP) is 2.97. The Bertz CT molecular complexity index is 584. The maximum Gasteiger partial charge on any atom is 0.260 e. The summed E-state index contributed by atoms with van der Waals surface area (Å²) < 4.78 is 11.5. The largest absolute Gasteiger partial charge is 0.490 e. The summed E-state index contributed by atoms with van der Waals surface area (Å²) in [5.41, 5.74) is 1.18. The van der Waals surface area contributed by atoms with Crippen LogP contribution in [0.25, 0.3) is 0 Å². The molecular formula is C20H30N2O3. The molecule has 0 radical (unpaired) electrons. The van der Waals surface area contributed by atoms with Crippen molar-refractivity contribution in [3.05, 3.63) is 23.8 Å². The Hall–Kier alpha value is -1.75. The Morgan fingerprint density at radius 1 is 1.20 bits per heavy atom. The number of hydrogen-bond donors (Lipinski definition) is 1. The minimum atomic E-state index is 0.0654. The van der Waals surface area contributed by atoms with Crippen molar-refractivity contribution < 1.29 is 14.3 Å². The first kappa shape index (κ1) is 18.1. The van der Waals surface area contributed by atoms with Crippen molar-refractivity contribution in [2.24, 2.45) is 5.92 Å². The Kier molecular flexibility index (Phi) is 6.19. The Labute approximate surface area is 150 Å². The van der Waals surface area contributed by atoms with Gasteiger partial charge in [0.05, 0.1) is 6.61 Å². The van der Waals surface area contributed by atoms with Crippen molar-refractivity contribution in [3.63, 3.8) is 0 Å². The van der Waals surface area contributed by atoms with E-state index in [-0.39, 0.29) is 12.5 Å². The minimum Gasteiger partial charge on any atom is -0.490 e. The SMILES string of the molecule is CCOc1cc(CNC2CC2C)ccc1OCC(=O)N1CCCCC1. The van der Waals surface area contributed by atoms with E-state index in [0.717, 1.165) is 44.1 Å². The fraction of sp³-hybridized carbons (Fsp3) is 0.650. The number of likely N-dealkylation sites (tertiary alicyclic amines) is 1. The van der Waals surface area contributed by atoms with Gasteiger partial charge in [-0.15, -0.1) is 0 Å². The lowest BCUT2D eigenvalue weighted by Crippen LogP contribution is -2.38. The lowest BCUT2D eigenvalue weighted by molar-refractivity contribution is -0.134. The molecule has 138 valence electrons. The van der Waals surface area contributed by atoms with Crippen molar-refractivity contribution in [1.29, 1.82) is 0 Å². The average molecular weight is 346 g/mol. The van der Waals surface area contributed by atoms with Crippen LogP contribution in [0.15, 0.2) is 18.2 Å². The number of amides is 1.